The van der Waals surface area contributed by atoms with Gasteiger partial charge in [0, 0.05) is 38.0 Å². The molecule has 1 saturated heterocycles. The molecule has 1 N–H and O–H groups in total. The summed E-state index contributed by atoms with van der Waals surface area (Å²) < 4.78 is 32.2. The lowest BCUT2D eigenvalue weighted by Gasteiger charge is -2.25. The predicted molar refractivity (Wildman–Crippen MR) is 83.3 cm³/mol. The van der Waals surface area contributed by atoms with Crippen molar-refractivity contribution >= 4 is 15.8 Å². The van der Waals surface area contributed by atoms with Crippen molar-refractivity contribution in [3.05, 3.63) is 18.1 Å². The fourth-order valence-corrected chi connectivity index (χ4v) is 4.24. The van der Waals surface area contributed by atoms with Gasteiger partial charge in [0.25, 0.3) is 0 Å². The number of nitrogens with one attached hydrogen (secondary N) is 1. The van der Waals surface area contributed by atoms with Gasteiger partial charge in [-0.25, -0.2) is 23.1 Å². The summed E-state index contributed by atoms with van der Waals surface area (Å²) in [7, 11) is -1.48. The molecule has 22 heavy (non-hydrogen) atoms. The summed E-state index contributed by atoms with van der Waals surface area (Å²) in [4.78, 5) is 10.5. The number of methoxy groups -OCH3 is 1. The van der Waals surface area contributed by atoms with Crippen molar-refractivity contribution in [2.24, 2.45) is 0 Å². The maximum atomic E-state index is 12.0. The molecule has 2 fully saturated rings. The van der Waals surface area contributed by atoms with Gasteiger partial charge >= 0.3 is 0 Å². The minimum absolute atomic E-state index is 0.0489. The second-order valence-electron chi connectivity index (χ2n) is 6.01. The average molecular weight is 326 g/mol. The third-order valence-corrected chi connectivity index (χ3v) is 6.19. The van der Waals surface area contributed by atoms with Crippen LogP contribution in [0.4, 0.5) is 5.82 Å². The van der Waals surface area contributed by atoms with Gasteiger partial charge in [0.2, 0.25) is 10.0 Å². The molecule has 2 heterocycles. The Morgan fingerprint density at radius 2 is 2.18 bits per heavy atom. The van der Waals surface area contributed by atoms with Crippen molar-refractivity contribution < 1.29 is 13.2 Å². The van der Waals surface area contributed by atoms with E-state index in [1.54, 1.807) is 7.11 Å². The lowest BCUT2D eigenvalue weighted by molar-refractivity contribution is 0.118. The van der Waals surface area contributed by atoms with Crippen molar-refractivity contribution in [3.8, 4) is 0 Å². The van der Waals surface area contributed by atoms with Gasteiger partial charge in [-0.2, -0.15) is 0 Å². The van der Waals surface area contributed by atoms with Gasteiger partial charge in [-0.3, -0.25) is 0 Å². The Morgan fingerprint density at radius 1 is 1.41 bits per heavy atom. The third kappa shape index (κ3) is 3.39. The molecular formula is C14H22N4O3S. The topological polar surface area (TPSA) is 84.4 Å². The van der Waals surface area contributed by atoms with Gasteiger partial charge in [0.1, 0.15) is 12.1 Å². The Labute approximate surface area is 131 Å². The lowest BCUT2D eigenvalue weighted by atomic mass is 10.2. The highest BCUT2D eigenvalue weighted by Crippen LogP contribution is 2.29. The van der Waals surface area contributed by atoms with E-state index in [0.29, 0.717) is 13.1 Å². The number of aryl methyl sites for hydroxylation is 1. The van der Waals surface area contributed by atoms with Gasteiger partial charge in [-0.05, 0) is 26.2 Å². The van der Waals surface area contributed by atoms with E-state index < -0.39 is 10.0 Å². The van der Waals surface area contributed by atoms with Crippen LogP contribution in [0.2, 0.25) is 0 Å². The lowest BCUT2D eigenvalue weighted by Crippen LogP contribution is -2.41. The quantitative estimate of drug-likeness (QED) is 0.817. The number of sulfonamides is 1. The fraction of sp³-hybridized carbons (Fsp3) is 0.714. The minimum Gasteiger partial charge on any atom is -0.380 e. The smallest absolute Gasteiger partial charge is 0.214 e. The van der Waals surface area contributed by atoms with E-state index in [1.165, 1.54) is 6.33 Å². The van der Waals surface area contributed by atoms with E-state index in [0.717, 1.165) is 30.8 Å². The molecule has 0 bridgehead atoms. The molecule has 122 valence electrons. The first-order valence-electron chi connectivity index (χ1n) is 7.56. The number of hydrogen-bond acceptors (Lipinski definition) is 6. The molecule has 0 spiro atoms. The van der Waals surface area contributed by atoms with Crippen LogP contribution >= 0.6 is 0 Å². The first-order valence-corrected chi connectivity index (χ1v) is 9.11. The summed E-state index contributed by atoms with van der Waals surface area (Å²) >= 11 is 0. The molecule has 1 saturated carbocycles. The minimum atomic E-state index is -3.16. The summed E-state index contributed by atoms with van der Waals surface area (Å²) in [5.41, 5.74) is 0.892. The van der Waals surface area contributed by atoms with Crippen LogP contribution in [0, 0.1) is 6.92 Å². The van der Waals surface area contributed by atoms with Gasteiger partial charge < -0.3 is 9.64 Å². The standard InChI is InChI=1S/C14H22N4O3S/c1-10-5-14(16-9-15-10)18-8-12(21-2)6-11(18)7-17-22(19,20)13-3-4-13/h5,9,11-13,17H,3-4,6-8H2,1-2H3/t11-,12-/m0/s1. The highest BCUT2D eigenvalue weighted by molar-refractivity contribution is 7.90. The molecule has 0 radical (unpaired) electrons. The van der Waals surface area contributed by atoms with Crippen LogP contribution in [0.15, 0.2) is 12.4 Å². The number of nitrogens with zero attached hydrogens (tertiary/aromatic N) is 3. The van der Waals surface area contributed by atoms with Gasteiger partial charge in [-0.15, -0.1) is 0 Å². The van der Waals surface area contributed by atoms with Crippen molar-refractivity contribution in [3.63, 3.8) is 0 Å². The molecule has 0 amide bonds. The normalized spacial score (nSPS) is 25.6. The predicted octanol–water partition coefficient (Wildman–Crippen LogP) is 0.461. The van der Waals surface area contributed by atoms with Gasteiger partial charge in [-0.1, -0.05) is 0 Å². The second-order valence-corrected chi connectivity index (χ2v) is 8.06. The van der Waals surface area contributed by atoms with E-state index in [1.807, 2.05) is 13.0 Å². The van der Waals surface area contributed by atoms with Crippen LogP contribution in [-0.2, 0) is 14.8 Å². The summed E-state index contributed by atoms with van der Waals surface area (Å²) in [6.45, 7) is 3.02. The summed E-state index contributed by atoms with van der Waals surface area (Å²) in [5.74, 6) is 0.822. The number of anilines is 1. The molecule has 0 unspecified atom stereocenters. The summed E-state index contributed by atoms with van der Waals surface area (Å²) in [5, 5.41) is -0.193. The van der Waals surface area contributed by atoms with E-state index >= 15 is 0 Å². The maximum Gasteiger partial charge on any atom is 0.214 e. The van der Waals surface area contributed by atoms with Crippen molar-refractivity contribution in [2.75, 3.05) is 25.1 Å². The molecular weight excluding hydrogens is 304 g/mol. The number of aromatic nitrogens is 2. The number of ether oxygens (including phenoxy) is 1. The molecule has 2 aliphatic rings. The molecule has 0 aromatic carbocycles. The summed E-state index contributed by atoms with van der Waals surface area (Å²) in [6, 6.07) is 1.97. The van der Waals surface area contributed by atoms with Crippen molar-refractivity contribution in [1.82, 2.24) is 14.7 Å². The molecule has 1 aromatic rings. The van der Waals surface area contributed by atoms with E-state index in [2.05, 4.69) is 19.6 Å². The van der Waals surface area contributed by atoms with Crippen LogP contribution in [0.3, 0.4) is 0 Å². The molecule has 3 rings (SSSR count). The third-order valence-electron chi connectivity index (χ3n) is 4.28. The molecule has 1 aromatic heterocycles. The second kappa shape index (κ2) is 6.10. The maximum absolute atomic E-state index is 12.0. The van der Waals surface area contributed by atoms with Crippen molar-refractivity contribution in [1.29, 1.82) is 0 Å². The monoisotopic (exact) mass is 326 g/mol. The van der Waals surface area contributed by atoms with Crippen LogP contribution in [-0.4, -0.2) is 56.0 Å². The van der Waals surface area contributed by atoms with Crippen LogP contribution in [0.1, 0.15) is 25.0 Å². The Morgan fingerprint density at radius 3 is 2.82 bits per heavy atom. The van der Waals surface area contributed by atoms with Gasteiger partial charge in [0.05, 0.1) is 11.4 Å². The van der Waals surface area contributed by atoms with Crippen molar-refractivity contribution in [2.45, 2.75) is 43.6 Å². The zero-order valence-corrected chi connectivity index (χ0v) is 13.7. The molecule has 1 aliphatic heterocycles. The first-order chi connectivity index (χ1) is 10.5. The Bertz CT molecular complexity index is 633. The fourth-order valence-electron chi connectivity index (χ4n) is 2.82. The zero-order chi connectivity index (χ0) is 15.7. The highest BCUT2D eigenvalue weighted by atomic mass is 32.2. The first kappa shape index (κ1) is 15.6. The molecule has 7 nitrogen and oxygen atoms in total. The van der Waals surface area contributed by atoms with Gasteiger partial charge in [0.15, 0.2) is 0 Å². The Kier molecular flexibility index (Phi) is 4.33. The number of hydrogen-bond donors (Lipinski definition) is 1. The Balaban J connectivity index is 1.72. The highest BCUT2D eigenvalue weighted by Gasteiger charge is 2.38. The number of rotatable bonds is 6. The van der Waals surface area contributed by atoms with E-state index in [4.69, 9.17) is 4.74 Å². The summed E-state index contributed by atoms with van der Waals surface area (Å²) in [6.07, 6.45) is 3.96. The van der Waals surface area contributed by atoms with E-state index in [9.17, 15) is 8.42 Å². The Hall–Kier alpha value is -1.25. The van der Waals surface area contributed by atoms with E-state index in [-0.39, 0.29) is 17.4 Å². The molecule has 1 aliphatic carbocycles. The van der Waals surface area contributed by atoms with Crippen LogP contribution < -0.4 is 9.62 Å². The van der Waals surface area contributed by atoms with Crippen LogP contribution in [0.5, 0.6) is 0 Å². The SMILES string of the molecule is CO[C@H]1C[C@@H](CNS(=O)(=O)C2CC2)N(c2cc(C)ncn2)C1. The zero-order valence-electron chi connectivity index (χ0n) is 12.9. The molecule has 2 atom stereocenters. The average Bonchev–Trinajstić information content (AvgIpc) is 3.26. The van der Waals surface area contributed by atoms with Crippen LogP contribution in [0.25, 0.3) is 0 Å². The molecule has 8 heteroatoms. The largest absolute Gasteiger partial charge is 0.380 e.